The monoisotopic (exact) mass is 373 g/mol. The zero-order chi connectivity index (χ0) is 20.3. The number of benzene rings is 2. The molecular weight excluding hydrogens is 350 g/mol. The molecule has 0 saturated heterocycles. The van der Waals surface area contributed by atoms with E-state index in [4.69, 9.17) is 0 Å². The largest absolute Gasteiger partial charge is 0.340 e. The van der Waals surface area contributed by atoms with Crippen molar-refractivity contribution in [1.29, 1.82) is 0 Å². The van der Waals surface area contributed by atoms with Gasteiger partial charge < -0.3 is 10.6 Å². The lowest BCUT2D eigenvalue weighted by atomic mass is 10.0. The van der Waals surface area contributed by atoms with Gasteiger partial charge in [0.05, 0.1) is 0 Å². The molecule has 5 heteroatoms. The average molecular weight is 373 g/mol. The topological polar surface area (TPSA) is 71.1 Å². The number of carbonyl (C=O) groups excluding carboxylic acids is 2. The third-order valence-corrected chi connectivity index (χ3v) is 4.48. The van der Waals surface area contributed by atoms with Crippen molar-refractivity contribution in [1.82, 2.24) is 4.98 Å². The number of nitrogens with zero attached hydrogens (tertiary/aromatic N) is 1. The summed E-state index contributed by atoms with van der Waals surface area (Å²) < 4.78 is 0. The van der Waals surface area contributed by atoms with Gasteiger partial charge in [0.15, 0.2) is 5.78 Å². The molecule has 1 amide bonds. The number of aryl methyl sites for hydroxylation is 3. The highest BCUT2D eigenvalue weighted by Crippen LogP contribution is 2.23. The van der Waals surface area contributed by atoms with E-state index in [1.165, 1.54) is 6.92 Å². The molecule has 0 aliphatic heterocycles. The van der Waals surface area contributed by atoms with Crippen molar-refractivity contribution in [2.75, 3.05) is 10.6 Å². The van der Waals surface area contributed by atoms with Gasteiger partial charge in [0, 0.05) is 28.7 Å². The molecule has 1 heterocycles. The van der Waals surface area contributed by atoms with Crippen LogP contribution in [0.2, 0.25) is 0 Å². The van der Waals surface area contributed by atoms with Crippen molar-refractivity contribution >= 4 is 28.9 Å². The summed E-state index contributed by atoms with van der Waals surface area (Å²) in [4.78, 5) is 28.6. The maximum absolute atomic E-state index is 12.7. The minimum atomic E-state index is -0.196. The molecular formula is C23H23N3O2. The number of anilines is 3. The molecule has 0 bridgehead atoms. The van der Waals surface area contributed by atoms with Gasteiger partial charge in [0.25, 0.3) is 5.91 Å². The number of ketones is 1. The Morgan fingerprint density at radius 2 is 1.61 bits per heavy atom. The average Bonchev–Trinajstić information content (AvgIpc) is 2.65. The predicted molar refractivity (Wildman–Crippen MR) is 113 cm³/mol. The second-order valence-corrected chi connectivity index (χ2v) is 6.92. The number of aromatic nitrogens is 1. The van der Waals surface area contributed by atoms with E-state index in [0.717, 1.165) is 28.1 Å². The minimum Gasteiger partial charge on any atom is -0.340 e. The van der Waals surface area contributed by atoms with Crippen LogP contribution in [-0.2, 0) is 0 Å². The molecule has 2 N–H and O–H groups in total. The van der Waals surface area contributed by atoms with E-state index in [1.54, 1.807) is 36.5 Å². The molecule has 0 spiro atoms. The molecule has 0 aliphatic rings. The third kappa shape index (κ3) is 4.43. The van der Waals surface area contributed by atoms with E-state index >= 15 is 0 Å². The Hall–Kier alpha value is -3.47. The molecule has 0 saturated carbocycles. The van der Waals surface area contributed by atoms with Gasteiger partial charge in [-0.15, -0.1) is 0 Å². The number of rotatable bonds is 5. The summed E-state index contributed by atoms with van der Waals surface area (Å²) in [5.74, 6) is 0.331. The van der Waals surface area contributed by atoms with E-state index in [1.807, 2.05) is 39.0 Å². The van der Waals surface area contributed by atoms with Gasteiger partial charge in [0.2, 0.25) is 0 Å². The summed E-state index contributed by atoms with van der Waals surface area (Å²) in [6.07, 6.45) is 1.58. The first-order valence-electron chi connectivity index (χ1n) is 9.07. The van der Waals surface area contributed by atoms with Crippen molar-refractivity contribution in [3.05, 3.63) is 82.5 Å². The maximum atomic E-state index is 12.7. The van der Waals surface area contributed by atoms with E-state index in [2.05, 4.69) is 15.6 Å². The molecule has 28 heavy (non-hydrogen) atoms. The number of Topliss-reactive ketones (excluding diaryl/α,β-unsaturated/α-hetero) is 1. The molecule has 2 aromatic carbocycles. The van der Waals surface area contributed by atoms with Crippen LogP contribution in [0.15, 0.2) is 54.7 Å². The summed E-state index contributed by atoms with van der Waals surface area (Å²) in [5, 5.41) is 6.14. The molecule has 5 nitrogen and oxygen atoms in total. The van der Waals surface area contributed by atoms with Crippen molar-refractivity contribution in [3.8, 4) is 0 Å². The van der Waals surface area contributed by atoms with Crippen molar-refractivity contribution < 1.29 is 9.59 Å². The lowest BCUT2D eigenvalue weighted by molar-refractivity contribution is 0.101. The number of amides is 1. The summed E-state index contributed by atoms with van der Waals surface area (Å²) >= 11 is 0. The molecule has 142 valence electrons. The number of hydrogen-bond acceptors (Lipinski definition) is 4. The van der Waals surface area contributed by atoms with Crippen molar-refractivity contribution in [2.24, 2.45) is 0 Å². The van der Waals surface area contributed by atoms with Gasteiger partial charge in [-0.2, -0.15) is 0 Å². The fourth-order valence-corrected chi connectivity index (χ4v) is 3.17. The highest BCUT2D eigenvalue weighted by molar-refractivity contribution is 6.05. The van der Waals surface area contributed by atoms with E-state index in [0.29, 0.717) is 16.9 Å². The highest BCUT2D eigenvalue weighted by atomic mass is 16.1. The third-order valence-electron chi connectivity index (χ3n) is 4.48. The van der Waals surface area contributed by atoms with Crippen LogP contribution < -0.4 is 10.6 Å². The second-order valence-electron chi connectivity index (χ2n) is 6.92. The van der Waals surface area contributed by atoms with E-state index in [-0.39, 0.29) is 11.7 Å². The Morgan fingerprint density at radius 1 is 0.893 bits per heavy atom. The quantitative estimate of drug-likeness (QED) is 0.603. The molecule has 0 fully saturated rings. The van der Waals surface area contributed by atoms with Crippen LogP contribution in [-0.4, -0.2) is 16.7 Å². The summed E-state index contributed by atoms with van der Waals surface area (Å²) in [6.45, 7) is 7.53. The maximum Gasteiger partial charge on any atom is 0.255 e. The normalized spacial score (nSPS) is 10.4. The Balaban J connectivity index is 1.80. The Kier molecular flexibility index (Phi) is 5.54. The second kappa shape index (κ2) is 8.05. The van der Waals surface area contributed by atoms with Gasteiger partial charge in [-0.3, -0.25) is 9.59 Å². The van der Waals surface area contributed by atoms with Gasteiger partial charge in [-0.25, -0.2) is 4.98 Å². The van der Waals surface area contributed by atoms with Crippen LogP contribution in [0.3, 0.4) is 0 Å². The molecule has 0 aliphatic carbocycles. The van der Waals surface area contributed by atoms with Crippen molar-refractivity contribution in [3.63, 3.8) is 0 Å². The van der Waals surface area contributed by atoms with Crippen LogP contribution in [0.5, 0.6) is 0 Å². The molecule has 0 atom stereocenters. The van der Waals surface area contributed by atoms with Crippen LogP contribution in [0, 0.1) is 20.8 Å². The minimum absolute atomic E-state index is 0.00595. The highest BCUT2D eigenvalue weighted by Gasteiger charge is 2.11. The summed E-state index contributed by atoms with van der Waals surface area (Å²) in [5.41, 5.74) is 5.90. The molecule has 3 rings (SSSR count). The van der Waals surface area contributed by atoms with E-state index in [9.17, 15) is 9.59 Å². The Morgan fingerprint density at radius 3 is 2.29 bits per heavy atom. The Labute approximate surface area is 164 Å². The van der Waals surface area contributed by atoms with Gasteiger partial charge in [-0.1, -0.05) is 29.8 Å². The first kappa shape index (κ1) is 19.3. The van der Waals surface area contributed by atoms with Crippen LogP contribution >= 0.6 is 0 Å². The predicted octanol–water partition coefficient (Wildman–Crippen LogP) is 5.21. The lowest BCUT2D eigenvalue weighted by Crippen LogP contribution is -2.14. The standard InChI is InChI=1S/C23H23N3O2/c1-14-10-15(2)22(16(3)11-14)26-23(28)19-8-9-24-21(13-19)25-20-7-5-6-18(12-20)17(4)27/h5-13H,1-4H3,(H,24,25)(H,26,28). The zero-order valence-electron chi connectivity index (χ0n) is 16.5. The van der Waals surface area contributed by atoms with Gasteiger partial charge in [0.1, 0.15) is 5.82 Å². The van der Waals surface area contributed by atoms with Crippen LogP contribution in [0.1, 0.15) is 44.3 Å². The number of carbonyl (C=O) groups is 2. The fourth-order valence-electron chi connectivity index (χ4n) is 3.17. The first-order valence-corrected chi connectivity index (χ1v) is 9.07. The summed E-state index contributed by atoms with van der Waals surface area (Å²) in [7, 11) is 0. The summed E-state index contributed by atoms with van der Waals surface area (Å²) in [6, 6.07) is 14.6. The number of hydrogen-bond donors (Lipinski definition) is 2. The molecule has 0 unspecified atom stereocenters. The zero-order valence-corrected chi connectivity index (χ0v) is 16.5. The van der Waals surface area contributed by atoms with Gasteiger partial charge in [-0.05, 0) is 63.1 Å². The van der Waals surface area contributed by atoms with Crippen molar-refractivity contribution in [2.45, 2.75) is 27.7 Å². The smallest absolute Gasteiger partial charge is 0.255 e. The first-order chi connectivity index (χ1) is 13.3. The van der Waals surface area contributed by atoms with Crippen LogP contribution in [0.25, 0.3) is 0 Å². The molecule has 1 aromatic heterocycles. The Bertz CT molecular complexity index is 1030. The fraction of sp³-hybridized carbons (Fsp3) is 0.174. The number of pyridine rings is 1. The van der Waals surface area contributed by atoms with Gasteiger partial charge >= 0.3 is 0 Å². The number of nitrogens with one attached hydrogen (secondary N) is 2. The molecule has 0 radical (unpaired) electrons. The SMILES string of the molecule is CC(=O)c1cccc(Nc2cc(C(=O)Nc3c(C)cc(C)cc3C)ccn2)c1. The lowest BCUT2D eigenvalue weighted by Gasteiger charge is -2.13. The van der Waals surface area contributed by atoms with Crippen LogP contribution in [0.4, 0.5) is 17.2 Å². The van der Waals surface area contributed by atoms with E-state index < -0.39 is 0 Å². The molecule has 3 aromatic rings.